The van der Waals surface area contributed by atoms with Crippen molar-refractivity contribution in [1.29, 1.82) is 0 Å². The van der Waals surface area contributed by atoms with Gasteiger partial charge in [-0.3, -0.25) is 9.59 Å². The van der Waals surface area contributed by atoms with Crippen LogP contribution in [0.3, 0.4) is 0 Å². The van der Waals surface area contributed by atoms with E-state index in [1.165, 1.54) is 11.0 Å². The molecule has 4 nitrogen and oxygen atoms in total. The molecule has 0 aliphatic carbocycles. The van der Waals surface area contributed by atoms with E-state index in [0.717, 1.165) is 0 Å². The van der Waals surface area contributed by atoms with Crippen LogP contribution in [0.15, 0.2) is 18.2 Å². The summed E-state index contributed by atoms with van der Waals surface area (Å²) in [5.41, 5.74) is 0.420. The van der Waals surface area contributed by atoms with E-state index in [9.17, 15) is 9.59 Å². The number of likely N-dealkylation sites (tertiary alicyclic amines) is 1. The molecule has 1 fully saturated rings. The van der Waals surface area contributed by atoms with Crippen LogP contribution in [0.4, 0.5) is 0 Å². The molecule has 0 spiro atoms. The Hall–Kier alpha value is -1.26. The summed E-state index contributed by atoms with van der Waals surface area (Å²) in [4.78, 5) is 24.0. The quantitative estimate of drug-likeness (QED) is 0.898. The van der Waals surface area contributed by atoms with E-state index in [1.54, 1.807) is 12.1 Å². The first-order chi connectivity index (χ1) is 7.99. The number of carboxylic acids is 1. The third-order valence-electron chi connectivity index (χ3n) is 2.68. The number of nitrogens with zero attached hydrogens (tertiary/aromatic N) is 1. The average molecular weight is 274 g/mol. The number of hydrogen-bond acceptors (Lipinski definition) is 2. The van der Waals surface area contributed by atoms with Crippen molar-refractivity contribution in [1.82, 2.24) is 4.90 Å². The lowest BCUT2D eigenvalue weighted by atomic mass is 9.99. The van der Waals surface area contributed by atoms with E-state index in [0.29, 0.717) is 15.6 Å². The topological polar surface area (TPSA) is 57.6 Å². The first-order valence-electron chi connectivity index (χ1n) is 4.96. The fourth-order valence-corrected chi connectivity index (χ4v) is 1.91. The summed E-state index contributed by atoms with van der Waals surface area (Å²) in [6, 6.07) is 4.61. The van der Waals surface area contributed by atoms with Crippen molar-refractivity contribution in [3.05, 3.63) is 33.8 Å². The predicted molar refractivity (Wildman–Crippen MR) is 63.5 cm³/mol. The maximum atomic E-state index is 11.9. The maximum absolute atomic E-state index is 11.9. The van der Waals surface area contributed by atoms with Crippen molar-refractivity contribution in [3.8, 4) is 0 Å². The Morgan fingerprint density at radius 1 is 1.24 bits per heavy atom. The highest BCUT2D eigenvalue weighted by Crippen LogP contribution is 2.25. The summed E-state index contributed by atoms with van der Waals surface area (Å²) in [5, 5.41) is 9.40. The Bertz CT molecular complexity index is 484. The fraction of sp³-hybridized carbons (Fsp3) is 0.273. The molecule has 1 aromatic carbocycles. The second-order valence-electron chi connectivity index (χ2n) is 3.87. The predicted octanol–water partition coefficient (Wildman–Crippen LogP) is 2.15. The van der Waals surface area contributed by atoms with Crippen molar-refractivity contribution in [2.24, 2.45) is 5.92 Å². The molecule has 1 aliphatic rings. The van der Waals surface area contributed by atoms with Crippen LogP contribution >= 0.6 is 23.2 Å². The van der Waals surface area contributed by atoms with E-state index in [4.69, 9.17) is 28.3 Å². The molecule has 1 aliphatic heterocycles. The molecule has 1 saturated heterocycles. The van der Waals surface area contributed by atoms with Gasteiger partial charge in [0.1, 0.15) is 0 Å². The van der Waals surface area contributed by atoms with Gasteiger partial charge in [0.15, 0.2) is 0 Å². The van der Waals surface area contributed by atoms with Crippen LogP contribution in [0.2, 0.25) is 10.0 Å². The van der Waals surface area contributed by atoms with Gasteiger partial charge in [0.2, 0.25) is 0 Å². The molecular weight excluding hydrogens is 265 g/mol. The second kappa shape index (κ2) is 4.55. The molecule has 1 amide bonds. The minimum Gasteiger partial charge on any atom is -0.481 e. The van der Waals surface area contributed by atoms with Crippen LogP contribution in [0.5, 0.6) is 0 Å². The zero-order chi connectivity index (χ0) is 12.6. The molecular formula is C11H9Cl2NO3. The highest BCUT2D eigenvalue weighted by atomic mass is 35.5. The number of carboxylic acid groups (broad SMARTS) is 1. The first-order valence-corrected chi connectivity index (χ1v) is 5.72. The van der Waals surface area contributed by atoms with Gasteiger partial charge in [-0.2, -0.15) is 0 Å². The maximum Gasteiger partial charge on any atom is 0.310 e. The van der Waals surface area contributed by atoms with Crippen LogP contribution < -0.4 is 0 Å². The average Bonchev–Trinajstić information content (AvgIpc) is 2.19. The molecule has 0 aromatic heterocycles. The van der Waals surface area contributed by atoms with Crippen molar-refractivity contribution in [2.75, 3.05) is 13.1 Å². The molecule has 17 heavy (non-hydrogen) atoms. The van der Waals surface area contributed by atoms with Gasteiger partial charge in [0.25, 0.3) is 5.91 Å². The molecule has 1 heterocycles. The van der Waals surface area contributed by atoms with Gasteiger partial charge >= 0.3 is 5.97 Å². The van der Waals surface area contributed by atoms with Crippen molar-refractivity contribution in [2.45, 2.75) is 0 Å². The summed E-state index contributed by atoms with van der Waals surface area (Å²) >= 11 is 11.5. The molecule has 0 bridgehead atoms. The molecule has 1 N–H and O–H groups in total. The summed E-state index contributed by atoms with van der Waals surface area (Å²) in [6.45, 7) is 0.489. The monoisotopic (exact) mass is 273 g/mol. The van der Waals surface area contributed by atoms with Crippen molar-refractivity contribution in [3.63, 3.8) is 0 Å². The smallest absolute Gasteiger partial charge is 0.310 e. The highest BCUT2D eigenvalue weighted by molar-refractivity contribution is 6.42. The Labute approximate surface area is 108 Å². The van der Waals surface area contributed by atoms with Crippen molar-refractivity contribution < 1.29 is 14.7 Å². The molecule has 2 rings (SSSR count). The Morgan fingerprint density at radius 3 is 2.41 bits per heavy atom. The van der Waals surface area contributed by atoms with E-state index >= 15 is 0 Å². The van der Waals surface area contributed by atoms with E-state index in [2.05, 4.69) is 0 Å². The number of carbonyl (C=O) groups excluding carboxylic acids is 1. The summed E-state index contributed by atoms with van der Waals surface area (Å²) in [7, 11) is 0. The lowest BCUT2D eigenvalue weighted by molar-refractivity contribution is -0.146. The molecule has 1 aromatic rings. The van der Waals surface area contributed by atoms with Crippen LogP contribution in [0.25, 0.3) is 0 Å². The Balaban J connectivity index is 2.06. The molecule has 0 saturated carbocycles. The van der Waals surface area contributed by atoms with Gasteiger partial charge in [0, 0.05) is 18.7 Å². The number of rotatable bonds is 2. The molecule has 90 valence electrons. The number of amides is 1. The zero-order valence-corrected chi connectivity index (χ0v) is 10.2. The van der Waals surface area contributed by atoms with E-state index < -0.39 is 11.9 Å². The summed E-state index contributed by atoms with van der Waals surface area (Å²) in [6.07, 6.45) is 0. The molecule has 6 heteroatoms. The fourth-order valence-electron chi connectivity index (χ4n) is 1.61. The van der Waals surface area contributed by atoms with Gasteiger partial charge in [-0.1, -0.05) is 23.2 Å². The van der Waals surface area contributed by atoms with Crippen LogP contribution in [0, 0.1) is 5.92 Å². The van der Waals surface area contributed by atoms with Gasteiger partial charge < -0.3 is 10.0 Å². The Kier molecular flexibility index (Phi) is 3.26. The summed E-state index contributed by atoms with van der Waals surface area (Å²) in [5.74, 6) is -1.55. The Morgan fingerprint density at radius 2 is 1.88 bits per heavy atom. The normalized spacial score (nSPS) is 15.5. The van der Waals surface area contributed by atoms with Gasteiger partial charge in [0.05, 0.1) is 16.0 Å². The third-order valence-corrected chi connectivity index (χ3v) is 3.42. The highest BCUT2D eigenvalue weighted by Gasteiger charge is 2.35. The zero-order valence-electron chi connectivity index (χ0n) is 8.69. The van der Waals surface area contributed by atoms with Crippen LogP contribution in [-0.2, 0) is 4.79 Å². The molecule has 0 unspecified atom stereocenters. The van der Waals surface area contributed by atoms with Crippen molar-refractivity contribution >= 4 is 35.1 Å². The number of aliphatic carboxylic acids is 1. The lowest BCUT2D eigenvalue weighted by Gasteiger charge is -2.36. The van der Waals surface area contributed by atoms with E-state index in [1.807, 2.05) is 0 Å². The van der Waals surface area contributed by atoms with Crippen LogP contribution in [-0.4, -0.2) is 35.0 Å². The minimum absolute atomic E-state index is 0.221. The van der Waals surface area contributed by atoms with Gasteiger partial charge in [-0.25, -0.2) is 0 Å². The number of hydrogen-bond donors (Lipinski definition) is 1. The second-order valence-corrected chi connectivity index (χ2v) is 4.69. The number of halogens is 2. The lowest BCUT2D eigenvalue weighted by Crippen LogP contribution is -2.53. The van der Waals surface area contributed by atoms with Crippen LogP contribution in [0.1, 0.15) is 10.4 Å². The minimum atomic E-state index is -0.872. The van der Waals surface area contributed by atoms with E-state index in [-0.39, 0.29) is 19.0 Å². The largest absolute Gasteiger partial charge is 0.481 e. The number of benzene rings is 1. The molecule has 0 atom stereocenters. The van der Waals surface area contributed by atoms with Gasteiger partial charge in [-0.05, 0) is 18.2 Å². The first kappa shape index (κ1) is 12.2. The van der Waals surface area contributed by atoms with Gasteiger partial charge in [-0.15, -0.1) is 0 Å². The summed E-state index contributed by atoms with van der Waals surface area (Å²) < 4.78 is 0. The standard InChI is InChI=1S/C11H9Cl2NO3/c12-8-2-1-6(3-9(8)13)10(15)14-4-7(5-14)11(16)17/h1-3,7H,4-5H2,(H,16,17). The molecule has 0 radical (unpaired) electrons. The third kappa shape index (κ3) is 2.37. The number of carbonyl (C=O) groups is 2. The SMILES string of the molecule is O=C(O)C1CN(C(=O)c2ccc(Cl)c(Cl)c2)C1.